The molecule has 2 aromatic carbocycles. The molecule has 0 saturated carbocycles. The quantitative estimate of drug-likeness (QED) is 0.799. The summed E-state index contributed by atoms with van der Waals surface area (Å²) < 4.78 is 66.7. The highest BCUT2D eigenvalue weighted by Crippen LogP contribution is 2.35. The Morgan fingerprint density at radius 1 is 1.04 bits per heavy atom. The molecule has 1 amide bonds. The van der Waals surface area contributed by atoms with Crippen molar-refractivity contribution in [2.45, 2.75) is 19.1 Å². The zero-order valence-corrected chi connectivity index (χ0v) is 13.6. The van der Waals surface area contributed by atoms with Crippen molar-refractivity contribution in [1.29, 1.82) is 0 Å². The fourth-order valence-electron chi connectivity index (χ4n) is 3.03. The van der Waals surface area contributed by atoms with Gasteiger partial charge in [0.1, 0.15) is 11.6 Å². The number of nitrogens with zero attached hydrogens (tertiary/aromatic N) is 1. The Kier molecular flexibility index (Phi) is 4.63. The number of hydrogen-bond donors (Lipinski definition) is 1. The molecule has 3 rings (SSSR count). The maximum absolute atomic E-state index is 14.0. The van der Waals surface area contributed by atoms with Gasteiger partial charge in [-0.1, -0.05) is 6.07 Å². The largest absolute Gasteiger partial charge is 0.478 e. The maximum atomic E-state index is 14.0. The second-order valence-electron chi connectivity index (χ2n) is 6.07. The van der Waals surface area contributed by atoms with Gasteiger partial charge in [0.15, 0.2) is 0 Å². The summed E-state index contributed by atoms with van der Waals surface area (Å²) in [5, 5.41) is 8.99. The van der Waals surface area contributed by atoms with Crippen molar-refractivity contribution in [1.82, 2.24) is 4.90 Å². The van der Waals surface area contributed by atoms with Gasteiger partial charge < -0.3 is 10.0 Å². The lowest BCUT2D eigenvalue weighted by Gasteiger charge is -2.30. The normalized spacial score (nSPS) is 14.0. The van der Waals surface area contributed by atoms with Crippen molar-refractivity contribution in [3.05, 3.63) is 69.8 Å². The number of rotatable bonds is 2. The third kappa shape index (κ3) is 3.62. The number of alkyl halides is 3. The number of hydrogen-bond acceptors (Lipinski definition) is 2. The van der Waals surface area contributed by atoms with Crippen LogP contribution >= 0.6 is 0 Å². The molecule has 0 spiro atoms. The van der Waals surface area contributed by atoms with Gasteiger partial charge >= 0.3 is 12.1 Å². The predicted molar refractivity (Wildman–Crippen MR) is 83.2 cm³/mol. The first-order valence-corrected chi connectivity index (χ1v) is 7.78. The Morgan fingerprint density at radius 3 is 2.37 bits per heavy atom. The third-order valence-electron chi connectivity index (χ3n) is 4.33. The molecular formula is C18H12F5NO3. The Balaban J connectivity index is 1.95. The molecule has 0 fully saturated rings. The van der Waals surface area contributed by atoms with Crippen LogP contribution in [-0.4, -0.2) is 28.4 Å². The highest BCUT2D eigenvalue weighted by atomic mass is 19.4. The summed E-state index contributed by atoms with van der Waals surface area (Å²) in [7, 11) is 0. The van der Waals surface area contributed by atoms with Crippen molar-refractivity contribution >= 4 is 11.9 Å². The number of carbonyl (C=O) groups is 2. The highest BCUT2D eigenvalue weighted by Gasteiger charge is 2.39. The number of carboxylic acids is 1. The maximum Gasteiger partial charge on any atom is 0.417 e. The molecular weight excluding hydrogens is 373 g/mol. The van der Waals surface area contributed by atoms with E-state index in [1.54, 1.807) is 0 Å². The Bertz CT molecular complexity index is 939. The van der Waals surface area contributed by atoms with Crippen LogP contribution in [0.4, 0.5) is 22.0 Å². The summed E-state index contributed by atoms with van der Waals surface area (Å²) in [5.74, 6) is -5.34. The van der Waals surface area contributed by atoms with Crippen LogP contribution in [0.15, 0.2) is 30.3 Å². The van der Waals surface area contributed by atoms with Crippen LogP contribution in [0.5, 0.6) is 0 Å². The average molecular weight is 385 g/mol. The van der Waals surface area contributed by atoms with Crippen LogP contribution in [0.3, 0.4) is 0 Å². The lowest BCUT2D eigenvalue weighted by molar-refractivity contribution is -0.138. The Hall–Kier alpha value is -2.97. The van der Waals surface area contributed by atoms with Crippen LogP contribution in [0, 0.1) is 11.6 Å². The number of carboxylic acid groups (broad SMARTS) is 1. The van der Waals surface area contributed by atoms with Crippen LogP contribution in [0.1, 0.15) is 37.4 Å². The van der Waals surface area contributed by atoms with Crippen molar-refractivity contribution < 1.29 is 36.6 Å². The topological polar surface area (TPSA) is 57.6 Å². The van der Waals surface area contributed by atoms with Crippen molar-refractivity contribution in [2.24, 2.45) is 0 Å². The van der Waals surface area contributed by atoms with Gasteiger partial charge in [0.25, 0.3) is 5.91 Å². The number of amides is 1. The average Bonchev–Trinajstić information content (AvgIpc) is 2.58. The van der Waals surface area contributed by atoms with Gasteiger partial charge in [-0.05, 0) is 35.7 Å². The molecule has 0 unspecified atom stereocenters. The van der Waals surface area contributed by atoms with E-state index in [1.165, 1.54) is 18.2 Å². The first kappa shape index (κ1) is 18.8. The summed E-state index contributed by atoms with van der Waals surface area (Å²) in [6.45, 7) is -0.134. The SMILES string of the molecule is O=C(O)c1ccc2c(c1)CCN(C(=O)c1c(F)cc(F)cc1C(F)(F)F)C2. The van der Waals surface area contributed by atoms with Gasteiger partial charge in [0, 0.05) is 19.2 Å². The van der Waals surface area contributed by atoms with Crippen molar-refractivity contribution in [3.63, 3.8) is 0 Å². The van der Waals surface area contributed by atoms with E-state index in [-0.39, 0.29) is 37.2 Å². The minimum Gasteiger partial charge on any atom is -0.478 e. The van der Waals surface area contributed by atoms with Crippen LogP contribution in [0.2, 0.25) is 0 Å². The molecule has 0 aromatic heterocycles. The smallest absolute Gasteiger partial charge is 0.417 e. The Morgan fingerprint density at radius 2 is 1.74 bits per heavy atom. The number of fused-ring (bicyclic) bond motifs is 1. The number of benzene rings is 2. The van der Waals surface area contributed by atoms with Gasteiger partial charge in [0.05, 0.1) is 16.7 Å². The molecule has 0 aliphatic carbocycles. The van der Waals surface area contributed by atoms with E-state index in [2.05, 4.69) is 0 Å². The fourth-order valence-corrected chi connectivity index (χ4v) is 3.03. The lowest BCUT2D eigenvalue weighted by Crippen LogP contribution is -2.37. The van der Waals surface area contributed by atoms with E-state index in [0.717, 1.165) is 4.90 Å². The molecule has 1 heterocycles. The van der Waals surface area contributed by atoms with Gasteiger partial charge in [-0.2, -0.15) is 13.2 Å². The zero-order chi connectivity index (χ0) is 19.9. The summed E-state index contributed by atoms with van der Waals surface area (Å²) in [6, 6.07) is 4.53. The standard InChI is InChI=1S/C18H12F5NO3/c19-12-6-13(18(21,22)23)15(14(20)7-12)16(25)24-4-3-9-5-10(17(26)27)1-2-11(9)8-24/h1-2,5-7H,3-4,8H2,(H,26,27). The molecule has 2 aromatic rings. The van der Waals surface area contributed by atoms with Gasteiger partial charge in [0.2, 0.25) is 0 Å². The highest BCUT2D eigenvalue weighted by molar-refractivity contribution is 5.96. The van der Waals surface area contributed by atoms with E-state index in [4.69, 9.17) is 5.11 Å². The first-order chi connectivity index (χ1) is 12.6. The zero-order valence-electron chi connectivity index (χ0n) is 13.6. The molecule has 1 aliphatic heterocycles. The molecule has 4 nitrogen and oxygen atoms in total. The minimum atomic E-state index is -5.10. The third-order valence-corrected chi connectivity index (χ3v) is 4.33. The summed E-state index contributed by atoms with van der Waals surface area (Å²) in [5.41, 5.74) is -1.64. The number of halogens is 5. The molecule has 142 valence electrons. The monoisotopic (exact) mass is 385 g/mol. The molecule has 9 heteroatoms. The van der Waals surface area contributed by atoms with E-state index < -0.39 is 40.8 Å². The Labute approximate surface area is 149 Å². The van der Waals surface area contributed by atoms with Gasteiger partial charge in [-0.25, -0.2) is 13.6 Å². The summed E-state index contributed by atoms with van der Waals surface area (Å²) in [4.78, 5) is 24.6. The fraction of sp³-hybridized carbons (Fsp3) is 0.222. The molecule has 0 atom stereocenters. The van der Waals surface area contributed by atoms with Crippen molar-refractivity contribution in [3.8, 4) is 0 Å². The lowest BCUT2D eigenvalue weighted by atomic mass is 9.96. The van der Waals surface area contributed by atoms with Crippen LogP contribution in [-0.2, 0) is 19.1 Å². The second-order valence-corrected chi connectivity index (χ2v) is 6.07. The van der Waals surface area contributed by atoms with E-state index in [0.29, 0.717) is 11.1 Å². The van der Waals surface area contributed by atoms with Gasteiger partial charge in [-0.15, -0.1) is 0 Å². The van der Waals surface area contributed by atoms with Crippen LogP contribution < -0.4 is 0 Å². The number of carbonyl (C=O) groups excluding carboxylic acids is 1. The van der Waals surface area contributed by atoms with E-state index in [1.807, 2.05) is 0 Å². The summed E-state index contributed by atoms with van der Waals surface area (Å²) in [6.07, 6.45) is -4.90. The van der Waals surface area contributed by atoms with Crippen molar-refractivity contribution in [2.75, 3.05) is 6.54 Å². The van der Waals surface area contributed by atoms with E-state index >= 15 is 0 Å². The molecule has 0 radical (unpaired) electrons. The number of aromatic carboxylic acids is 1. The summed E-state index contributed by atoms with van der Waals surface area (Å²) >= 11 is 0. The minimum absolute atomic E-state index is 0.0248. The van der Waals surface area contributed by atoms with Crippen LogP contribution in [0.25, 0.3) is 0 Å². The second kappa shape index (κ2) is 6.64. The molecule has 0 bridgehead atoms. The molecule has 1 N–H and O–H groups in total. The van der Waals surface area contributed by atoms with Gasteiger partial charge in [-0.3, -0.25) is 4.79 Å². The molecule has 0 saturated heterocycles. The molecule has 27 heavy (non-hydrogen) atoms. The molecule has 1 aliphatic rings. The van der Waals surface area contributed by atoms with E-state index in [9.17, 15) is 31.5 Å². The first-order valence-electron chi connectivity index (χ1n) is 7.78. The predicted octanol–water partition coefficient (Wildman–Crippen LogP) is 3.88.